The Morgan fingerprint density at radius 3 is 2.50 bits per heavy atom. The third-order valence-corrected chi connectivity index (χ3v) is 1.88. The summed E-state index contributed by atoms with van der Waals surface area (Å²) in [7, 11) is 0. The second kappa shape index (κ2) is 3.33. The molecule has 0 aliphatic rings. The van der Waals surface area contributed by atoms with Crippen LogP contribution >= 0.6 is 0 Å². The molecular formula is C10H7NO3. The van der Waals surface area contributed by atoms with Crippen molar-refractivity contribution >= 4 is 5.69 Å². The van der Waals surface area contributed by atoms with Gasteiger partial charge < -0.3 is 4.42 Å². The summed E-state index contributed by atoms with van der Waals surface area (Å²) in [5.74, 6) is 0.301. The van der Waals surface area contributed by atoms with Crippen LogP contribution in [-0.4, -0.2) is 4.92 Å². The van der Waals surface area contributed by atoms with Gasteiger partial charge in [-0.15, -0.1) is 0 Å². The molecule has 0 radical (unpaired) electrons. The van der Waals surface area contributed by atoms with Crippen LogP contribution in [0, 0.1) is 10.1 Å². The van der Waals surface area contributed by atoms with E-state index in [1.165, 1.54) is 12.3 Å². The fraction of sp³-hybridized carbons (Fsp3) is 0. The Hall–Kier alpha value is -2.10. The average molecular weight is 189 g/mol. The van der Waals surface area contributed by atoms with Crippen molar-refractivity contribution in [1.29, 1.82) is 0 Å². The Labute approximate surface area is 79.9 Å². The Bertz CT molecular complexity index is 447. The Morgan fingerprint density at radius 1 is 1.14 bits per heavy atom. The van der Waals surface area contributed by atoms with Crippen LogP contribution in [0.1, 0.15) is 0 Å². The molecule has 1 aromatic carbocycles. The van der Waals surface area contributed by atoms with Crippen molar-refractivity contribution in [2.75, 3.05) is 0 Å². The van der Waals surface area contributed by atoms with Gasteiger partial charge in [0.1, 0.15) is 0 Å². The van der Waals surface area contributed by atoms with Gasteiger partial charge in [0, 0.05) is 5.56 Å². The van der Waals surface area contributed by atoms with Crippen molar-refractivity contribution in [2.24, 2.45) is 0 Å². The number of nitrogens with zero attached hydrogens (tertiary/aromatic N) is 1. The molecule has 0 aliphatic heterocycles. The van der Waals surface area contributed by atoms with E-state index in [1.807, 2.05) is 18.2 Å². The second-order valence-electron chi connectivity index (χ2n) is 2.76. The molecule has 14 heavy (non-hydrogen) atoms. The van der Waals surface area contributed by atoms with E-state index in [1.54, 1.807) is 12.1 Å². The zero-order valence-electron chi connectivity index (χ0n) is 7.21. The summed E-state index contributed by atoms with van der Waals surface area (Å²) in [6.07, 6.45) is 1.32. The minimum absolute atomic E-state index is 0.00352. The third kappa shape index (κ3) is 1.37. The molecule has 0 bridgehead atoms. The first kappa shape index (κ1) is 8.50. The number of furan rings is 1. The third-order valence-electron chi connectivity index (χ3n) is 1.88. The van der Waals surface area contributed by atoms with Crippen LogP contribution in [-0.2, 0) is 0 Å². The first-order chi connectivity index (χ1) is 6.79. The Morgan fingerprint density at radius 2 is 1.86 bits per heavy atom. The van der Waals surface area contributed by atoms with Gasteiger partial charge >= 0.3 is 5.69 Å². The molecule has 0 amide bonds. The monoisotopic (exact) mass is 189 g/mol. The number of hydrogen-bond acceptors (Lipinski definition) is 3. The highest BCUT2D eigenvalue weighted by atomic mass is 16.6. The van der Waals surface area contributed by atoms with E-state index >= 15 is 0 Å². The Kier molecular flexibility index (Phi) is 2.02. The molecule has 0 unspecified atom stereocenters. The van der Waals surface area contributed by atoms with Crippen LogP contribution in [0.25, 0.3) is 11.3 Å². The summed E-state index contributed by atoms with van der Waals surface area (Å²) < 4.78 is 5.07. The van der Waals surface area contributed by atoms with Gasteiger partial charge in [0.05, 0.1) is 17.3 Å². The van der Waals surface area contributed by atoms with Gasteiger partial charge in [-0.1, -0.05) is 30.3 Å². The maximum atomic E-state index is 10.6. The normalized spacial score (nSPS) is 10.0. The van der Waals surface area contributed by atoms with Crippen molar-refractivity contribution in [3.8, 4) is 11.3 Å². The minimum atomic E-state index is -0.453. The summed E-state index contributed by atoms with van der Waals surface area (Å²) in [5.41, 5.74) is 0.709. The van der Waals surface area contributed by atoms with Gasteiger partial charge in [0.2, 0.25) is 5.76 Å². The summed E-state index contributed by atoms with van der Waals surface area (Å²) in [6, 6.07) is 10.3. The molecule has 2 rings (SSSR count). The summed E-state index contributed by atoms with van der Waals surface area (Å²) in [4.78, 5) is 10.1. The SMILES string of the molecule is O=[N+]([O-])c1ccoc1-c1ccccc1. The van der Waals surface area contributed by atoms with Crippen LogP contribution in [0.5, 0.6) is 0 Å². The molecule has 1 aromatic heterocycles. The van der Waals surface area contributed by atoms with E-state index in [9.17, 15) is 10.1 Å². The number of nitro groups is 1. The molecule has 70 valence electrons. The minimum Gasteiger partial charge on any atom is -0.457 e. The smallest absolute Gasteiger partial charge is 0.315 e. The molecule has 2 aromatic rings. The number of benzene rings is 1. The fourth-order valence-electron chi connectivity index (χ4n) is 1.25. The molecule has 0 aliphatic carbocycles. The topological polar surface area (TPSA) is 56.3 Å². The summed E-state index contributed by atoms with van der Waals surface area (Å²) in [6.45, 7) is 0. The summed E-state index contributed by atoms with van der Waals surface area (Å²) >= 11 is 0. The van der Waals surface area contributed by atoms with Gasteiger partial charge in [-0.05, 0) is 0 Å². The molecular weight excluding hydrogens is 182 g/mol. The molecule has 0 saturated heterocycles. The van der Waals surface area contributed by atoms with Crippen LogP contribution in [0.3, 0.4) is 0 Å². The van der Waals surface area contributed by atoms with Gasteiger partial charge in [-0.2, -0.15) is 0 Å². The highest BCUT2D eigenvalue weighted by Crippen LogP contribution is 2.30. The molecule has 0 atom stereocenters. The van der Waals surface area contributed by atoms with E-state index in [-0.39, 0.29) is 5.69 Å². The predicted molar refractivity (Wildman–Crippen MR) is 50.8 cm³/mol. The standard InChI is InChI=1S/C10H7NO3/c12-11(13)9-6-7-14-10(9)8-4-2-1-3-5-8/h1-7H. The molecule has 4 nitrogen and oxygen atoms in total. The molecule has 0 spiro atoms. The average Bonchev–Trinajstić information content (AvgIpc) is 2.67. The fourth-order valence-corrected chi connectivity index (χ4v) is 1.25. The zero-order valence-corrected chi connectivity index (χ0v) is 7.21. The first-order valence-electron chi connectivity index (χ1n) is 4.06. The molecule has 1 heterocycles. The lowest BCUT2D eigenvalue weighted by molar-refractivity contribution is -0.384. The molecule has 4 heteroatoms. The largest absolute Gasteiger partial charge is 0.457 e. The van der Waals surface area contributed by atoms with E-state index in [0.29, 0.717) is 11.3 Å². The zero-order chi connectivity index (χ0) is 9.97. The highest BCUT2D eigenvalue weighted by Gasteiger charge is 2.17. The second-order valence-corrected chi connectivity index (χ2v) is 2.76. The Balaban J connectivity index is 2.52. The first-order valence-corrected chi connectivity index (χ1v) is 4.06. The van der Waals surface area contributed by atoms with Crippen LogP contribution in [0.15, 0.2) is 47.1 Å². The van der Waals surface area contributed by atoms with Crippen LogP contribution < -0.4 is 0 Å². The molecule has 0 fully saturated rings. The predicted octanol–water partition coefficient (Wildman–Crippen LogP) is 2.85. The van der Waals surface area contributed by atoms with Gasteiger partial charge in [-0.25, -0.2) is 0 Å². The maximum absolute atomic E-state index is 10.6. The molecule has 0 saturated carbocycles. The summed E-state index contributed by atoms with van der Waals surface area (Å²) in [5, 5.41) is 10.6. The van der Waals surface area contributed by atoms with Crippen LogP contribution in [0.2, 0.25) is 0 Å². The van der Waals surface area contributed by atoms with E-state index in [2.05, 4.69) is 0 Å². The van der Waals surface area contributed by atoms with Crippen molar-refractivity contribution in [3.63, 3.8) is 0 Å². The van der Waals surface area contributed by atoms with Crippen molar-refractivity contribution in [1.82, 2.24) is 0 Å². The van der Waals surface area contributed by atoms with Gasteiger partial charge in [0.15, 0.2) is 0 Å². The quantitative estimate of drug-likeness (QED) is 0.539. The lowest BCUT2D eigenvalue weighted by Gasteiger charge is -1.94. The maximum Gasteiger partial charge on any atom is 0.315 e. The van der Waals surface area contributed by atoms with Gasteiger partial charge in [-0.3, -0.25) is 10.1 Å². The van der Waals surface area contributed by atoms with Crippen molar-refractivity contribution < 1.29 is 9.34 Å². The van der Waals surface area contributed by atoms with E-state index < -0.39 is 4.92 Å². The van der Waals surface area contributed by atoms with Gasteiger partial charge in [0.25, 0.3) is 0 Å². The van der Waals surface area contributed by atoms with Crippen molar-refractivity contribution in [2.45, 2.75) is 0 Å². The van der Waals surface area contributed by atoms with E-state index in [0.717, 1.165) is 0 Å². The van der Waals surface area contributed by atoms with Crippen molar-refractivity contribution in [3.05, 3.63) is 52.8 Å². The van der Waals surface area contributed by atoms with E-state index in [4.69, 9.17) is 4.42 Å². The molecule has 0 N–H and O–H groups in total. The number of rotatable bonds is 2. The highest BCUT2D eigenvalue weighted by molar-refractivity contribution is 5.67. The van der Waals surface area contributed by atoms with Crippen LogP contribution in [0.4, 0.5) is 5.69 Å². The lowest BCUT2D eigenvalue weighted by Crippen LogP contribution is -1.87. The number of hydrogen-bond donors (Lipinski definition) is 0. The lowest BCUT2D eigenvalue weighted by atomic mass is 10.1.